The third kappa shape index (κ3) is 8.97. The van der Waals surface area contributed by atoms with E-state index in [1.807, 2.05) is 18.2 Å². The Morgan fingerprint density at radius 2 is 1.91 bits per heavy atom. The smallest absolute Gasteiger partial charge is 0.493 e. The highest BCUT2D eigenvalue weighted by molar-refractivity contribution is 5.77. The molecule has 1 N–H and O–H groups in total. The number of alkyl halides is 3. The number of pyridine rings is 1. The molecule has 0 atom stereocenters. The van der Waals surface area contributed by atoms with Crippen LogP contribution in [0.15, 0.2) is 42.6 Å². The maximum atomic E-state index is 12.1. The van der Waals surface area contributed by atoms with Gasteiger partial charge in [-0.05, 0) is 48.1 Å². The van der Waals surface area contributed by atoms with Crippen LogP contribution in [-0.4, -0.2) is 36.3 Å². The molecule has 0 radical (unpaired) electrons. The second kappa shape index (κ2) is 11.9. The van der Waals surface area contributed by atoms with Gasteiger partial charge in [-0.2, -0.15) is 18.4 Å². The lowest BCUT2D eigenvalue weighted by molar-refractivity contribution is -0.286. The van der Waals surface area contributed by atoms with E-state index in [1.54, 1.807) is 38.2 Å². The van der Waals surface area contributed by atoms with E-state index in [9.17, 15) is 28.0 Å². The molecule has 2 rings (SSSR count). The molecule has 0 spiro atoms. The maximum Gasteiger partial charge on any atom is 0.495 e. The summed E-state index contributed by atoms with van der Waals surface area (Å²) >= 11 is 0. The van der Waals surface area contributed by atoms with Crippen LogP contribution in [0.2, 0.25) is 0 Å². The highest BCUT2D eigenvalue weighted by Gasteiger charge is 2.43. The molecule has 1 aromatic heterocycles. The van der Waals surface area contributed by atoms with Crippen LogP contribution in [0, 0.1) is 16.7 Å². The summed E-state index contributed by atoms with van der Waals surface area (Å²) in [5.74, 6) is -2.48. The van der Waals surface area contributed by atoms with Gasteiger partial charge in [0.15, 0.2) is 0 Å². The Hall–Kier alpha value is -3.81. The minimum atomic E-state index is -5.27. The Morgan fingerprint density at radius 3 is 2.56 bits per heavy atom. The number of nitrogens with zero attached hydrogens (tertiary/aromatic N) is 2. The van der Waals surface area contributed by atoms with Crippen LogP contribution >= 0.6 is 0 Å². The number of anilines is 1. The molecule has 11 heteroatoms. The van der Waals surface area contributed by atoms with Gasteiger partial charge in [0.05, 0.1) is 24.7 Å². The number of halogens is 3. The van der Waals surface area contributed by atoms with Crippen LogP contribution in [0.4, 0.5) is 19.0 Å². The van der Waals surface area contributed by atoms with Crippen molar-refractivity contribution >= 4 is 17.8 Å². The Kier molecular flexibility index (Phi) is 9.24. The van der Waals surface area contributed by atoms with Gasteiger partial charge >= 0.3 is 18.1 Å². The molecule has 0 amide bonds. The van der Waals surface area contributed by atoms with Crippen LogP contribution < -0.4 is 10.1 Å². The number of nitrogens with one attached hydrogen (secondary N) is 1. The second-order valence-electron chi connectivity index (χ2n) is 8.12. The van der Waals surface area contributed by atoms with E-state index in [2.05, 4.69) is 26.1 Å². The van der Waals surface area contributed by atoms with Crippen molar-refractivity contribution in [3.8, 4) is 11.8 Å². The highest BCUT2D eigenvalue weighted by atomic mass is 19.4. The minimum Gasteiger partial charge on any atom is -0.493 e. The van der Waals surface area contributed by atoms with Crippen LogP contribution in [0.1, 0.15) is 37.8 Å². The first-order chi connectivity index (χ1) is 16.0. The minimum absolute atomic E-state index is 0.243. The fraction of sp³-hybridized carbons (Fsp3) is 0.391. The van der Waals surface area contributed by atoms with Crippen molar-refractivity contribution in [1.82, 2.24) is 4.98 Å². The van der Waals surface area contributed by atoms with Crippen molar-refractivity contribution in [1.29, 1.82) is 5.26 Å². The third-order valence-corrected chi connectivity index (χ3v) is 4.50. The Bertz CT molecular complexity index is 1020. The molecule has 0 aliphatic carbocycles. The fourth-order valence-electron chi connectivity index (χ4n) is 2.98. The zero-order valence-electron chi connectivity index (χ0n) is 18.6. The number of hydrogen-bond donors (Lipinski definition) is 1. The van der Waals surface area contributed by atoms with Gasteiger partial charge in [-0.15, -0.1) is 0 Å². The molecule has 182 valence electrons. The third-order valence-electron chi connectivity index (χ3n) is 4.50. The number of ether oxygens (including phenoxy) is 1. The molecule has 0 unspecified atom stereocenters. The summed E-state index contributed by atoms with van der Waals surface area (Å²) in [6.07, 6.45) is -2.97. The normalized spacial score (nSPS) is 11.3. The quantitative estimate of drug-likeness (QED) is 0.304. The van der Waals surface area contributed by atoms with Gasteiger partial charge in [0.25, 0.3) is 0 Å². The highest BCUT2D eigenvalue weighted by Crippen LogP contribution is 2.30. The van der Waals surface area contributed by atoms with Gasteiger partial charge < -0.3 is 10.1 Å². The van der Waals surface area contributed by atoms with Crippen LogP contribution in [0.5, 0.6) is 5.75 Å². The van der Waals surface area contributed by atoms with Gasteiger partial charge in [0, 0.05) is 12.7 Å². The van der Waals surface area contributed by atoms with Crippen LogP contribution in [0.25, 0.3) is 0 Å². The van der Waals surface area contributed by atoms with E-state index >= 15 is 0 Å². The number of hydrogen-bond acceptors (Lipinski definition) is 8. The Balaban J connectivity index is 1.84. The predicted molar refractivity (Wildman–Crippen MR) is 114 cm³/mol. The monoisotopic (exact) mass is 479 g/mol. The number of nitriles is 1. The summed E-state index contributed by atoms with van der Waals surface area (Å²) in [6.45, 7) is 4.40. The van der Waals surface area contributed by atoms with Crippen molar-refractivity contribution in [2.45, 2.75) is 39.3 Å². The summed E-state index contributed by atoms with van der Waals surface area (Å²) < 4.78 is 42.0. The zero-order valence-corrected chi connectivity index (χ0v) is 18.6. The Morgan fingerprint density at radius 1 is 1.15 bits per heavy atom. The molecule has 0 aliphatic heterocycles. The summed E-state index contributed by atoms with van der Waals surface area (Å²) in [5.41, 5.74) is 0.165. The molecule has 1 heterocycles. The lowest BCUT2D eigenvalue weighted by atomic mass is 9.81. The van der Waals surface area contributed by atoms with Crippen LogP contribution in [-0.2, 0) is 25.8 Å². The van der Waals surface area contributed by atoms with E-state index in [4.69, 9.17) is 4.74 Å². The van der Waals surface area contributed by atoms with Crippen molar-refractivity contribution in [3.05, 3.63) is 53.7 Å². The molecule has 34 heavy (non-hydrogen) atoms. The molecule has 8 nitrogen and oxygen atoms in total. The number of rotatable bonds is 10. The van der Waals surface area contributed by atoms with Gasteiger partial charge in [-0.25, -0.2) is 24.3 Å². The molecule has 2 aromatic rings. The summed E-state index contributed by atoms with van der Waals surface area (Å²) in [6, 6.07) is 12.6. The molecule has 0 aliphatic rings. The summed E-state index contributed by atoms with van der Waals surface area (Å²) in [4.78, 5) is 34.1. The largest absolute Gasteiger partial charge is 0.495 e. The Labute approximate surface area is 194 Å². The van der Waals surface area contributed by atoms with Crippen molar-refractivity contribution < 1.29 is 37.3 Å². The average molecular weight is 479 g/mol. The van der Waals surface area contributed by atoms with Crippen molar-refractivity contribution in [2.24, 2.45) is 5.41 Å². The summed E-state index contributed by atoms with van der Waals surface area (Å²) in [7, 11) is 0. The van der Waals surface area contributed by atoms with E-state index in [-0.39, 0.29) is 12.8 Å². The van der Waals surface area contributed by atoms with Crippen molar-refractivity contribution in [2.75, 3.05) is 18.5 Å². The first-order valence-corrected chi connectivity index (χ1v) is 10.3. The standard InChI is InChI=1S/C23H24F3N3O5/c1-22(2,14-20(30)33-34-21(31)23(24,25)26)13-16-7-8-18(12-17(16)15-27)32-11-5-10-29-19-6-3-4-9-28-19/h3-4,6-9,12H,5,10-11,13-14H2,1-2H3,(H,28,29). The van der Waals surface area contributed by atoms with Crippen molar-refractivity contribution in [3.63, 3.8) is 0 Å². The number of benzene rings is 1. The maximum absolute atomic E-state index is 12.1. The lowest BCUT2D eigenvalue weighted by Gasteiger charge is -2.23. The number of aromatic nitrogens is 1. The van der Waals surface area contributed by atoms with Gasteiger partial charge in [-0.3, -0.25) is 0 Å². The van der Waals surface area contributed by atoms with Gasteiger partial charge in [-0.1, -0.05) is 26.0 Å². The lowest BCUT2D eigenvalue weighted by Crippen LogP contribution is -2.28. The van der Waals surface area contributed by atoms with Crippen LogP contribution in [0.3, 0.4) is 0 Å². The molecule has 1 aromatic carbocycles. The van der Waals surface area contributed by atoms with E-state index in [0.717, 1.165) is 5.82 Å². The topological polar surface area (TPSA) is 111 Å². The fourth-order valence-corrected chi connectivity index (χ4v) is 2.98. The first kappa shape index (κ1) is 26.4. The van der Waals surface area contributed by atoms with Gasteiger partial charge in [0.2, 0.25) is 0 Å². The molecular formula is C23H24F3N3O5. The molecule has 0 fully saturated rings. The average Bonchev–Trinajstić information content (AvgIpc) is 2.77. The summed E-state index contributed by atoms with van der Waals surface area (Å²) in [5, 5.41) is 12.7. The van der Waals surface area contributed by atoms with E-state index in [1.165, 1.54) is 0 Å². The van der Waals surface area contributed by atoms with Gasteiger partial charge in [0.1, 0.15) is 11.6 Å². The molecule has 0 saturated carbocycles. The second-order valence-corrected chi connectivity index (χ2v) is 8.12. The van der Waals surface area contributed by atoms with E-state index in [0.29, 0.717) is 36.4 Å². The predicted octanol–water partition coefficient (Wildman–Crippen LogP) is 4.36. The first-order valence-electron chi connectivity index (χ1n) is 10.3. The SMILES string of the molecule is CC(C)(CC(=O)OOC(=O)C(F)(F)F)Cc1ccc(OCCCNc2ccccn2)cc1C#N. The van der Waals surface area contributed by atoms with E-state index < -0.39 is 23.5 Å². The number of carbonyl (C=O) groups excluding carboxylic acids is 2. The number of carbonyl (C=O) groups is 2. The molecule has 0 saturated heterocycles. The molecule has 0 bridgehead atoms. The zero-order chi connectivity index (χ0) is 25.2. The molecular weight excluding hydrogens is 455 g/mol.